The average molecular weight is 421 g/mol. The van der Waals surface area contributed by atoms with Gasteiger partial charge in [0, 0.05) is 44.5 Å². The van der Waals surface area contributed by atoms with Crippen LogP contribution in [0, 0.1) is 0 Å². The van der Waals surface area contributed by atoms with Crippen molar-refractivity contribution in [1.82, 2.24) is 9.80 Å². The highest BCUT2D eigenvalue weighted by atomic mass is 16.2. The summed E-state index contributed by atoms with van der Waals surface area (Å²) in [5.41, 5.74) is 4.56. The summed E-state index contributed by atoms with van der Waals surface area (Å²) in [5, 5.41) is 2.99. The van der Waals surface area contributed by atoms with Crippen LogP contribution in [0.15, 0.2) is 48.5 Å². The third kappa shape index (κ3) is 5.32. The molecule has 0 radical (unpaired) electrons. The zero-order chi connectivity index (χ0) is 21.8. The van der Waals surface area contributed by atoms with Gasteiger partial charge in [0.15, 0.2) is 0 Å². The van der Waals surface area contributed by atoms with Crippen molar-refractivity contribution in [1.29, 1.82) is 0 Å². The van der Waals surface area contributed by atoms with Gasteiger partial charge in [-0.05, 0) is 67.7 Å². The molecule has 0 atom stereocenters. The van der Waals surface area contributed by atoms with E-state index in [0.29, 0.717) is 12.6 Å². The van der Waals surface area contributed by atoms with Crippen LogP contribution in [0.1, 0.15) is 24.5 Å². The molecule has 31 heavy (non-hydrogen) atoms. The third-order valence-corrected chi connectivity index (χ3v) is 6.55. The molecule has 6 nitrogen and oxygen atoms in total. The Morgan fingerprint density at radius 2 is 1.65 bits per heavy atom. The van der Waals surface area contributed by atoms with Crippen molar-refractivity contribution in [3.05, 3.63) is 59.7 Å². The normalized spacial score (nSPS) is 17.7. The number of rotatable bonds is 5. The van der Waals surface area contributed by atoms with Gasteiger partial charge in [-0.15, -0.1) is 0 Å². The first-order chi connectivity index (χ1) is 15.0. The maximum atomic E-state index is 12.6. The maximum Gasteiger partial charge on any atom is 0.238 e. The van der Waals surface area contributed by atoms with Gasteiger partial charge in [-0.3, -0.25) is 19.4 Å². The molecule has 1 heterocycles. The first-order valence-corrected chi connectivity index (χ1v) is 11.2. The molecular weight excluding hydrogens is 388 g/mol. The zero-order valence-corrected chi connectivity index (χ0v) is 18.5. The maximum absolute atomic E-state index is 12.6. The Bertz CT molecular complexity index is 902. The molecule has 0 aromatic heterocycles. The van der Waals surface area contributed by atoms with Crippen LogP contribution < -0.4 is 10.2 Å². The second kappa shape index (κ2) is 9.62. The molecule has 1 aliphatic heterocycles. The van der Waals surface area contributed by atoms with Crippen molar-refractivity contribution in [2.45, 2.75) is 32.2 Å². The Kier molecular flexibility index (Phi) is 6.68. The Morgan fingerprint density at radius 1 is 0.968 bits per heavy atom. The summed E-state index contributed by atoms with van der Waals surface area (Å²) in [7, 11) is 1.74. The van der Waals surface area contributed by atoms with E-state index in [9.17, 15) is 9.59 Å². The lowest BCUT2D eigenvalue weighted by Crippen LogP contribution is -2.40. The van der Waals surface area contributed by atoms with Crippen molar-refractivity contribution in [2.75, 3.05) is 50.0 Å². The van der Waals surface area contributed by atoms with Crippen LogP contribution in [0.2, 0.25) is 0 Å². The van der Waals surface area contributed by atoms with Gasteiger partial charge in [0.25, 0.3) is 0 Å². The molecule has 2 aromatic carbocycles. The summed E-state index contributed by atoms with van der Waals surface area (Å²) in [6, 6.07) is 16.8. The van der Waals surface area contributed by atoms with Gasteiger partial charge in [-0.25, -0.2) is 0 Å². The molecule has 6 heteroatoms. The minimum Gasteiger partial charge on any atom is -0.325 e. The average Bonchev–Trinajstić information content (AvgIpc) is 3.06. The monoisotopic (exact) mass is 420 g/mol. The van der Waals surface area contributed by atoms with E-state index in [-0.39, 0.29) is 11.8 Å². The van der Waals surface area contributed by atoms with Gasteiger partial charge in [-0.2, -0.15) is 0 Å². The molecule has 1 aliphatic carbocycles. The van der Waals surface area contributed by atoms with Crippen LogP contribution >= 0.6 is 0 Å². The lowest BCUT2D eigenvalue weighted by atomic mass is 10.1. The topological polar surface area (TPSA) is 55.9 Å². The summed E-state index contributed by atoms with van der Waals surface area (Å²) in [5.74, 6) is -0.0112. The van der Waals surface area contributed by atoms with E-state index in [1.165, 1.54) is 18.1 Å². The smallest absolute Gasteiger partial charge is 0.238 e. The molecule has 0 saturated carbocycles. The number of hydrogen-bond acceptors (Lipinski definition) is 4. The van der Waals surface area contributed by atoms with Crippen LogP contribution in [-0.4, -0.2) is 67.4 Å². The van der Waals surface area contributed by atoms with E-state index in [4.69, 9.17) is 0 Å². The number of carbonyl (C=O) groups excluding carboxylic acids is 2. The SMILES string of the molecule is CC(=O)N(C)c1ccc(NC(=O)CN2CCCN(C3Cc4ccccc4C3)CC2)cc1. The number of fused-ring (bicyclic) bond motifs is 1. The fourth-order valence-electron chi connectivity index (χ4n) is 4.66. The number of nitrogens with one attached hydrogen (secondary N) is 1. The van der Waals surface area contributed by atoms with E-state index in [1.54, 1.807) is 11.9 Å². The molecule has 1 N–H and O–H groups in total. The quantitative estimate of drug-likeness (QED) is 0.808. The molecule has 2 aliphatic rings. The molecule has 0 spiro atoms. The van der Waals surface area contributed by atoms with E-state index >= 15 is 0 Å². The van der Waals surface area contributed by atoms with Gasteiger partial charge >= 0.3 is 0 Å². The summed E-state index contributed by atoms with van der Waals surface area (Å²) >= 11 is 0. The van der Waals surface area contributed by atoms with Crippen LogP contribution in [0.3, 0.4) is 0 Å². The van der Waals surface area contributed by atoms with Crippen molar-refractivity contribution in [3.8, 4) is 0 Å². The lowest BCUT2D eigenvalue weighted by Gasteiger charge is -2.27. The van der Waals surface area contributed by atoms with Crippen molar-refractivity contribution in [2.24, 2.45) is 0 Å². The van der Waals surface area contributed by atoms with Crippen LogP contribution in [0.25, 0.3) is 0 Å². The molecule has 1 fully saturated rings. The first kappa shape index (κ1) is 21.5. The largest absolute Gasteiger partial charge is 0.325 e. The Hall–Kier alpha value is -2.70. The highest BCUT2D eigenvalue weighted by Gasteiger charge is 2.28. The predicted octanol–water partition coefficient (Wildman–Crippen LogP) is 2.78. The molecule has 0 unspecified atom stereocenters. The zero-order valence-electron chi connectivity index (χ0n) is 18.5. The minimum absolute atomic E-state index is 0.00870. The fourth-order valence-corrected chi connectivity index (χ4v) is 4.66. The lowest BCUT2D eigenvalue weighted by molar-refractivity contribution is -0.117. The summed E-state index contributed by atoms with van der Waals surface area (Å²) in [4.78, 5) is 30.5. The number of nitrogens with zero attached hydrogens (tertiary/aromatic N) is 3. The molecule has 2 aromatic rings. The van der Waals surface area contributed by atoms with Gasteiger partial charge in [0.2, 0.25) is 11.8 Å². The number of hydrogen-bond donors (Lipinski definition) is 1. The van der Waals surface area contributed by atoms with Gasteiger partial charge in [0.1, 0.15) is 0 Å². The van der Waals surface area contributed by atoms with Crippen LogP contribution in [0.5, 0.6) is 0 Å². The Labute approximate surface area is 184 Å². The third-order valence-electron chi connectivity index (χ3n) is 6.55. The molecule has 1 saturated heterocycles. The van der Waals surface area contributed by atoms with Gasteiger partial charge in [-0.1, -0.05) is 24.3 Å². The summed E-state index contributed by atoms with van der Waals surface area (Å²) in [6.45, 7) is 5.92. The molecule has 164 valence electrons. The highest BCUT2D eigenvalue weighted by Crippen LogP contribution is 2.26. The molecular formula is C25H32N4O2. The number of amides is 2. The van der Waals surface area contributed by atoms with Crippen molar-refractivity contribution < 1.29 is 9.59 Å². The van der Waals surface area contributed by atoms with Crippen molar-refractivity contribution in [3.63, 3.8) is 0 Å². The van der Waals surface area contributed by atoms with E-state index < -0.39 is 0 Å². The number of benzene rings is 2. The fraction of sp³-hybridized carbons (Fsp3) is 0.440. The first-order valence-electron chi connectivity index (χ1n) is 11.2. The van der Waals surface area contributed by atoms with Crippen molar-refractivity contribution >= 4 is 23.2 Å². The second-order valence-electron chi connectivity index (χ2n) is 8.67. The van der Waals surface area contributed by atoms with Crippen LogP contribution in [-0.2, 0) is 22.4 Å². The molecule has 2 amide bonds. The Balaban J connectivity index is 1.26. The number of anilines is 2. The van der Waals surface area contributed by atoms with E-state index in [0.717, 1.165) is 56.8 Å². The van der Waals surface area contributed by atoms with E-state index in [1.807, 2.05) is 24.3 Å². The summed E-state index contributed by atoms with van der Waals surface area (Å²) < 4.78 is 0. The highest BCUT2D eigenvalue weighted by molar-refractivity contribution is 5.93. The minimum atomic E-state index is -0.0199. The van der Waals surface area contributed by atoms with Gasteiger partial charge < -0.3 is 10.2 Å². The predicted molar refractivity (Wildman–Crippen MR) is 124 cm³/mol. The van der Waals surface area contributed by atoms with E-state index in [2.05, 4.69) is 39.4 Å². The van der Waals surface area contributed by atoms with Crippen LogP contribution in [0.4, 0.5) is 11.4 Å². The van der Waals surface area contributed by atoms with Gasteiger partial charge in [0.05, 0.1) is 6.54 Å². The second-order valence-corrected chi connectivity index (χ2v) is 8.67. The standard InChI is InChI=1S/C25H32N4O2/c1-19(30)27(2)23-10-8-22(9-11-23)26-25(31)18-28-12-5-13-29(15-14-28)24-16-20-6-3-4-7-21(20)17-24/h3-4,6-11,24H,5,12-18H2,1-2H3,(H,26,31). The molecule has 0 bridgehead atoms. The molecule has 4 rings (SSSR count). The Morgan fingerprint density at radius 3 is 2.29 bits per heavy atom. The number of carbonyl (C=O) groups is 2. The summed E-state index contributed by atoms with van der Waals surface area (Å²) in [6.07, 6.45) is 3.38.